The van der Waals surface area contributed by atoms with E-state index < -0.39 is 26.0 Å². The molecular formula is C16H19N3O6S2. The van der Waals surface area contributed by atoms with E-state index >= 15 is 0 Å². The van der Waals surface area contributed by atoms with Crippen LogP contribution in [-0.4, -0.2) is 36.9 Å². The summed E-state index contributed by atoms with van der Waals surface area (Å²) in [5.41, 5.74) is 0.855. The fraction of sp³-hybridized carbons (Fsp3) is 0.188. The Labute approximate surface area is 157 Å². The van der Waals surface area contributed by atoms with Gasteiger partial charge in [0.15, 0.2) is 0 Å². The second-order valence-electron chi connectivity index (χ2n) is 5.35. The Morgan fingerprint density at radius 1 is 0.963 bits per heavy atom. The van der Waals surface area contributed by atoms with E-state index in [9.17, 15) is 21.6 Å². The van der Waals surface area contributed by atoms with Gasteiger partial charge in [-0.2, -0.15) is 0 Å². The lowest BCUT2D eigenvalue weighted by Gasteiger charge is -2.09. The van der Waals surface area contributed by atoms with Gasteiger partial charge in [0, 0.05) is 12.1 Å². The number of carbonyl (C=O) groups is 1. The normalized spacial score (nSPS) is 11.9. The van der Waals surface area contributed by atoms with Gasteiger partial charge in [0.1, 0.15) is 0 Å². The molecule has 0 aliphatic heterocycles. The molecule has 0 unspecified atom stereocenters. The minimum Gasteiger partial charge on any atom is -0.348 e. The van der Waals surface area contributed by atoms with E-state index in [1.807, 2.05) is 4.89 Å². The highest BCUT2D eigenvalue weighted by molar-refractivity contribution is 7.89. The number of carbonyl (C=O) groups excluding carboxylic acids is 1. The van der Waals surface area contributed by atoms with Crippen LogP contribution in [0.1, 0.15) is 15.9 Å². The molecule has 3 N–H and O–H groups in total. The minimum absolute atomic E-state index is 0.0501. The first-order valence-corrected chi connectivity index (χ1v) is 10.6. The predicted molar refractivity (Wildman–Crippen MR) is 97.6 cm³/mol. The SMILES string of the molecule is CNS(=O)(=O)c1cccc(CNC(=O)c2ccc(S(=O)(=O)NOC)cc2)c1. The van der Waals surface area contributed by atoms with Gasteiger partial charge in [-0.3, -0.25) is 9.63 Å². The predicted octanol–water partition coefficient (Wildman–Crippen LogP) is 0.364. The van der Waals surface area contributed by atoms with Crippen molar-refractivity contribution in [2.45, 2.75) is 16.3 Å². The van der Waals surface area contributed by atoms with E-state index in [4.69, 9.17) is 0 Å². The number of nitrogens with one attached hydrogen (secondary N) is 3. The second-order valence-corrected chi connectivity index (χ2v) is 8.88. The number of benzene rings is 2. The summed E-state index contributed by atoms with van der Waals surface area (Å²) in [5, 5.41) is 2.65. The summed E-state index contributed by atoms with van der Waals surface area (Å²) in [6, 6.07) is 11.4. The van der Waals surface area contributed by atoms with Gasteiger partial charge in [0.05, 0.1) is 16.9 Å². The third kappa shape index (κ3) is 5.34. The summed E-state index contributed by atoms with van der Waals surface area (Å²) >= 11 is 0. The third-order valence-corrected chi connectivity index (χ3v) is 6.24. The molecular weight excluding hydrogens is 394 g/mol. The van der Waals surface area contributed by atoms with E-state index in [0.717, 1.165) is 0 Å². The lowest BCUT2D eigenvalue weighted by molar-refractivity contribution is 0.0950. The molecule has 0 saturated carbocycles. The number of hydrogen-bond donors (Lipinski definition) is 3. The number of sulfonamides is 2. The van der Waals surface area contributed by atoms with Crippen molar-refractivity contribution < 1.29 is 26.5 Å². The van der Waals surface area contributed by atoms with Gasteiger partial charge in [-0.1, -0.05) is 17.0 Å². The summed E-state index contributed by atoms with van der Waals surface area (Å²) in [7, 11) is -4.87. The molecule has 0 radical (unpaired) electrons. The van der Waals surface area contributed by atoms with Gasteiger partial charge < -0.3 is 5.32 Å². The highest BCUT2D eigenvalue weighted by Gasteiger charge is 2.15. The van der Waals surface area contributed by atoms with Crippen LogP contribution in [0.4, 0.5) is 0 Å². The fourth-order valence-corrected chi connectivity index (χ4v) is 3.78. The van der Waals surface area contributed by atoms with Crippen LogP contribution in [0.2, 0.25) is 0 Å². The Bertz CT molecular complexity index is 1020. The molecule has 0 aliphatic rings. The number of hydrogen-bond acceptors (Lipinski definition) is 6. The molecule has 0 bridgehead atoms. The van der Waals surface area contributed by atoms with E-state index in [1.165, 1.54) is 50.6 Å². The molecule has 146 valence electrons. The lowest BCUT2D eigenvalue weighted by Crippen LogP contribution is -2.24. The number of rotatable bonds is 8. The Balaban J connectivity index is 2.07. The average molecular weight is 413 g/mol. The molecule has 2 aromatic rings. The minimum atomic E-state index is -3.80. The van der Waals surface area contributed by atoms with Crippen molar-refractivity contribution in [2.24, 2.45) is 0 Å². The van der Waals surface area contributed by atoms with E-state index in [1.54, 1.807) is 12.1 Å². The van der Waals surface area contributed by atoms with Crippen LogP contribution in [-0.2, 0) is 31.4 Å². The average Bonchev–Trinajstić information content (AvgIpc) is 2.66. The summed E-state index contributed by atoms with van der Waals surface area (Å²) in [6.45, 7) is 0.108. The van der Waals surface area contributed by atoms with Crippen molar-refractivity contribution >= 4 is 26.0 Å². The van der Waals surface area contributed by atoms with Crippen molar-refractivity contribution in [1.29, 1.82) is 0 Å². The van der Waals surface area contributed by atoms with Crippen molar-refractivity contribution in [2.75, 3.05) is 14.2 Å². The first-order chi connectivity index (χ1) is 12.7. The van der Waals surface area contributed by atoms with Crippen LogP contribution in [0.3, 0.4) is 0 Å². The zero-order valence-corrected chi connectivity index (χ0v) is 16.2. The molecule has 0 fully saturated rings. The van der Waals surface area contributed by atoms with Gasteiger partial charge in [0.2, 0.25) is 10.0 Å². The highest BCUT2D eigenvalue weighted by Crippen LogP contribution is 2.13. The quantitative estimate of drug-likeness (QED) is 0.536. The smallest absolute Gasteiger partial charge is 0.262 e. The monoisotopic (exact) mass is 413 g/mol. The first-order valence-electron chi connectivity index (χ1n) is 7.65. The molecule has 2 aromatic carbocycles. The highest BCUT2D eigenvalue weighted by atomic mass is 32.2. The Kier molecular flexibility index (Phi) is 6.68. The topological polar surface area (TPSA) is 131 Å². The third-order valence-electron chi connectivity index (χ3n) is 3.55. The summed E-state index contributed by atoms with van der Waals surface area (Å²) in [6.07, 6.45) is 0. The first kappa shape index (κ1) is 21.0. The fourth-order valence-electron chi connectivity index (χ4n) is 2.17. The van der Waals surface area contributed by atoms with Gasteiger partial charge >= 0.3 is 0 Å². The van der Waals surface area contributed by atoms with Crippen molar-refractivity contribution in [3.8, 4) is 0 Å². The molecule has 9 nitrogen and oxygen atoms in total. The largest absolute Gasteiger partial charge is 0.348 e. The summed E-state index contributed by atoms with van der Waals surface area (Å²) < 4.78 is 49.4. The lowest BCUT2D eigenvalue weighted by atomic mass is 10.2. The van der Waals surface area contributed by atoms with Crippen LogP contribution >= 0.6 is 0 Å². The second kappa shape index (κ2) is 8.59. The van der Waals surface area contributed by atoms with Gasteiger partial charge in [-0.15, -0.1) is 0 Å². The zero-order valence-electron chi connectivity index (χ0n) is 14.6. The van der Waals surface area contributed by atoms with Gasteiger partial charge in [-0.25, -0.2) is 21.6 Å². The Morgan fingerprint density at radius 3 is 2.22 bits per heavy atom. The molecule has 0 spiro atoms. The molecule has 0 heterocycles. The molecule has 0 aliphatic carbocycles. The molecule has 0 saturated heterocycles. The zero-order chi connectivity index (χ0) is 20.1. The molecule has 27 heavy (non-hydrogen) atoms. The van der Waals surface area contributed by atoms with Crippen LogP contribution in [0.5, 0.6) is 0 Å². The summed E-state index contributed by atoms with van der Waals surface area (Å²) in [4.78, 5) is 18.5. The Morgan fingerprint density at radius 2 is 1.63 bits per heavy atom. The van der Waals surface area contributed by atoms with E-state index in [2.05, 4.69) is 14.9 Å². The van der Waals surface area contributed by atoms with Crippen LogP contribution in [0.15, 0.2) is 58.3 Å². The van der Waals surface area contributed by atoms with Gasteiger partial charge in [0.25, 0.3) is 15.9 Å². The van der Waals surface area contributed by atoms with E-state index in [-0.39, 0.29) is 21.9 Å². The summed E-state index contributed by atoms with van der Waals surface area (Å²) in [5.74, 6) is -0.430. The number of amides is 1. The standard InChI is InChI=1S/C16H19N3O6S2/c1-17-26(21,22)15-5-3-4-12(10-15)11-18-16(20)13-6-8-14(9-7-13)27(23,24)19-25-2/h3-10,17,19H,11H2,1-2H3,(H,18,20). The van der Waals surface area contributed by atoms with Crippen molar-refractivity contribution in [3.05, 3.63) is 59.7 Å². The van der Waals surface area contributed by atoms with E-state index in [0.29, 0.717) is 5.56 Å². The molecule has 2 rings (SSSR count). The molecule has 11 heteroatoms. The maximum atomic E-state index is 12.2. The maximum absolute atomic E-state index is 12.2. The molecule has 1 amide bonds. The van der Waals surface area contributed by atoms with Crippen LogP contribution in [0, 0.1) is 0 Å². The van der Waals surface area contributed by atoms with Crippen molar-refractivity contribution in [1.82, 2.24) is 14.9 Å². The van der Waals surface area contributed by atoms with Crippen molar-refractivity contribution in [3.63, 3.8) is 0 Å². The molecule has 0 atom stereocenters. The van der Waals surface area contributed by atoms with Crippen LogP contribution < -0.4 is 14.9 Å². The molecule has 0 aromatic heterocycles. The van der Waals surface area contributed by atoms with Crippen LogP contribution in [0.25, 0.3) is 0 Å². The Hall–Kier alpha value is -2.31. The maximum Gasteiger partial charge on any atom is 0.262 e. The van der Waals surface area contributed by atoms with Gasteiger partial charge in [-0.05, 0) is 49.0 Å².